The number of fused-ring (bicyclic) bond motifs is 1. The Bertz CT molecular complexity index is 867. The lowest BCUT2D eigenvalue weighted by molar-refractivity contribution is -0.121. The maximum Gasteiger partial charge on any atom is 0.267 e. The quantitative estimate of drug-likeness (QED) is 0.776. The number of hydrogen-bond acceptors (Lipinski definition) is 5. The van der Waals surface area contributed by atoms with E-state index in [4.69, 9.17) is 4.52 Å². The summed E-state index contributed by atoms with van der Waals surface area (Å²) in [6.07, 6.45) is 1.29. The van der Waals surface area contributed by atoms with Gasteiger partial charge < -0.3 is 9.84 Å². The molecule has 22 heavy (non-hydrogen) atoms. The van der Waals surface area contributed by atoms with Crippen molar-refractivity contribution in [2.75, 3.05) is 0 Å². The molecule has 1 N–H and O–H groups in total. The molecule has 0 bridgehead atoms. The van der Waals surface area contributed by atoms with Gasteiger partial charge in [0, 0.05) is 6.54 Å². The Morgan fingerprint density at radius 1 is 1.32 bits per heavy atom. The Balaban J connectivity index is 1.73. The van der Waals surface area contributed by atoms with E-state index >= 15 is 0 Å². The van der Waals surface area contributed by atoms with Crippen molar-refractivity contribution in [3.8, 4) is 0 Å². The minimum Gasteiger partial charge on any atom is -0.350 e. The van der Waals surface area contributed by atoms with Crippen molar-refractivity contribution in [1.29, 1.82) is 0 Å². The zero-order valence-electron chi connectivity index (χ0n) is 11.9. The number of benzene rings is 1. The van der Waals surface area contributed by atoms with Gasteiger partial charge in [-0.2, -0.15) is 0 Å². The molecule has 0 aliphatic carbocycles. The maximum atomic E-state index is 12.3. The SMILES string of the molecule is Cc1noc2ncn(CC(=O)NCc3ccccc3)c(=O)c12. The molecular weight excluding hydrogens is 284 g/mol. The topological polar surface area (TPSA) is 90.0 Å². The number of nitrogens with zero attached hydrogens (tertiary/aromatic N) is 3. The second-order valence-corrected chi connectivity index (χ2v) is 4.89. The molecule has 2 aromatic heterocycles. The number of aromatic nitrogens is 3. The first-order chi connectivity index (χ1) is 10.6. The second kappa shape index (κ2) is 5.80. The summed E-state index contributed by atoms with van der Waals surface area (Å²) in [5.41, 5.74) is 1.31. The van der Waals surface area contributed by atoms with Gasteiger partial charge in [0.05, 0.1) is 5.69 Å². The van der Waals surface area contributed by atoms with Gasteiger partial charge in [0.25, 0.3) is 11.3 Å². The Labute approximate surface area is 125 Å². The van der Waals surface area contributed by atoms with Crippen molar-refractivity contribution in [2.24, 2.45) is 0 Å². The highest BCUT2D eigenvalue weighted by atomic mass is 16.5. The van der Waals surface area contributed by atoms with Crippen molar-refractivity contribution in [2.45, 2.75) is 20.0 Å². The van der Waals surface area contributed by atoms with Crippen LogP contribution in [0.2, 0.25) is 0 Å². The van der Waals surface area contributed by atoms with Gasteiger partial charge in [0.15, 0.2) is 0 Å². The predicted octanol–water partition coefficient (Wildman–Crippen LogP) is 1.01. The van der Waals surface area contributed by atoms with E-state index in [9.17, 15) is 9.59 Å². The molecule has 0 fully saturated rings. The maximum absolute atomic E-state index is 12.3. The molecule has 7 heteroatoms. The van der Waals surface area contributed by atoms with E-state index in [1.165, 1.54) is 10.9 Å². The lowest BCUT2D eigenvalue weighted by atomic mass is 10.2. The van der Waals surface area contributed by atoms with Crippen LogP contribution in [-0.2, 0) is 17.9 Å². The van der Waals surface area contributed by atoms with Gasteiger partial charge in [-0.25, -0.2) is 4.98 Å². The molecule has 1 aromatic carbocycles. The molecule has 112 valence electrons. The highest BCUT2D eigenvalue weighted by Crippen LogP contribution is 2.09. The van der Waals surface area contributed by atoms with Crippen molar-refractivity contribution < 1.29 is 9.32 Å². The molecule has 0 spiro atoms. The summed E-state index contributed by atoms with van der Waals surface area (Å²) < 4.78 is 6.16. The lowest BCUT2D eigenvalue weighted by Gasteiger charge is -2.07. The van der Waals surface area contributed by atoms with Crippen LogP contribution in [0.3, 0.4) is 0 Å². The fourth-order valence-electron chi connectivity index (χ4n) is 2.13. The van der Waals surface area contributed by atoms with Crippen LogP contribution < -0.4 is 10.9 Å². The number of amides is 1. The molecule has 0 aliphatic rings. The third kappa shape index (κ3) is 2.73. The van der Waals surface area contributed by atoms with E-state index in [1.54, 1.807) is 6.92 Å². The average Bonchev–Trinajstić information content (AvgIpc) is 2.91. The Hall–Kier alpha value is -2.96. The zero-order valence-corrected chi connectivity index (χ0v) is 11.9. The molecule has 0 radical (unpaired) electrons. The van der Waals surface area contributed by atoms with Crippen LogP contribution in [0.1, 0.15) is 11.3 Å². The Kier molecular flexibility index (Phi) is 3.69. The van der Waals surface area contributed by atoms with Crippen molar-refractivity contribution in [1.82, 2.24) is 20.0 Å². The number of nitrogens with one attached hydrogen (secondary N) is 1. The molecule has 2 heterocycles. The number of aryl methyl sites for hydroxylation is 1. The summed E-state index contributed by atoms with van der Waals surface area (Å²) in [7, 11) is 0. The summed E-state index contributed by atoms with van der Waals surface area (Å²) >= 11 is 0. The fourth-order valence-corrected chi connectivity index (χ4v) is 2.13. The van der Waals surface area contributed by atoms with Gasteiger partial charge in [-0.3, -0.25) is 14.2 Å². The smallest absolute Gasteiger partial charge is 0.267 e. The third-order valence-electron chi connectivity index (χ3n) is 3.28. The van der Waals surface area contributed by atoms with Crippen LogP contribution in [0.4, 0.5) is 0 Å². The average molecular weight is 298 g/mol. The highest BCUT2D eigenvalue weighted by molar-refractivity contribution is 5.77. The molecule has 0 saturated heterocycles. The predicted molar refractivity (Wildman–Crippen MR) is 79.1 cm³/mol. The van der Waals surface area contributed by atoms with E-state index in [0.29, 0.717) is 17.6 Å². The van der Waals surface area contributed by atoms with Crippen LogP contribution in [0.5, 0.6) is 0 Å². The first-order valence-electron chi connectivity index (χ1n) is 6.77. The van der Waals surface area contributed by atoms with Crippen molar-refractivity contribution in [3.63, 3.8) is 0 Å². The minimum atomic E-state index is -0.335. The number of carbonyl (C=O) groups excluding carboxylic acids is 1. The third-order valence-corrected chi connectivity index (χ3v) is 3.28. The van der Waals surface area contributed by atoms with Gasteiger partial charge in [-0.1, -0.05) is 35.5 Å². The second-order valence-electron chi connectivity index (χ2n) is 4.89. The van der Waals surface area contributed by atoms with E-state index in [-0.39, 0.29) is 23.7 Å². The van der Waals surface area contributed by atoms with Crippen molar-refractivity contribution in [3.05, 3.63) is 58.3 Å². The summed E-state index contributed by atoms with van der Waals surface area (Å²) in [6.45, 7) is 1.98. The van der Waals surface area contributed by atoms with Gasteiger partial charge >= 0.3 is 0 Å². The molecule has 3 aromatic rings. The van der Waals surface area contributed by atoms with Crippen LogP contribution in [-0.4, -0.2) is 20.6 Å². The molecule has 0 unspecified atom stereocenters. The summed E-state index contributed by atoms with van der Waals surface area (Å²) in [6, 6.07) is 9.55. The standard InChI is InChI=1S/C15H14N4O3/c1-10-13-14(22-18-10)17-9-19(15(13)21)8-12(20)16-7-11-5-3-2-4-6-11/h2-6,9H,7-8H2,1H3,(H,16,20). The lowest BCUT2D eigenvalue weighted by Crippen LogP contribution is -2.32. The molecule has 0 atom stereocenters. The number of carbonyl (C=O) groups is 1. The molecule has 3 rings (SSSR count). The van der Waals surface area contributed by atoms with Crippen LogP contribution in [0.25, 0.3) is 11.1 Å². The normalized spacial score (nSPS) is 10.8. The summed E-state index contributed by atoms with van der Waals surface area (Å²) in [5.74, 6) is -0.263. The van der Waals surface area contributed by atoms with E-state index in [2.05, 4.69) is 15.5 Å². The van der Waals surface area contributed by atoms with Gasteiger partial charge in [-0.15, -0.1) is 0 Å². The highest BCUT2D eigenvalue weighted by Gasteiger charge is 2.13. The molecule has 1 amide bonds. The Morgan fingerprint density at radius 3 is 2.86 bits per heavy atom. The minimum absolute atomic E-state index is 0.0980. The molecule has 0 aliphatic heterocycles. The molecular formula is C15H14N4O3. The van der Waals surface area contributed by atoms with Crippen LogP contribution >= 0.6 is 0 Å². The van der Waals surface area contributed by atoms with Gasteiger partial charge in [0.2, 0.25) is 5.91 Å². The monoisotopic (exact) mass is 298 g/mol. The zero-order chi connectivity index (χ0) is 15.5. The molecule has 7 nitrogen and oxygen atoms in total. The van der Waals surface area contributed by atoms with Gasteiger partial charge in [-0.05, 0) is 12.5 Å². The summed E-state index contributed by atoms with van der Waals surface area (Å²) in [4.78, 5) is 28.2. The Morgan fingerprint density at radius 2 is 2.09 bits per heavy atom. The largest absolute Gasteiger partial charge is 0.350 e. The van der Waals surface area contributed by atoms with E-state index in [1.807, 2.05) is 30.3 Å². The number of rotatable bonds is 4. The van der Waals surface area contributed by atoms with E-state index in [0.717, 1.165) is 5.56 Å². The molecule has 0 saturated carbocycles. The first-order valence-corrected chi connectivity index (χ1v) is 6.77. The fraction of sp³-hybridized carbons (Fsp3) is 0.200. The van der Waals surface area contributed by atoms with Crippen LogP contribution in [0, 0.1) is 6.92 Å². The van der Waals surface area contributed by atoms with Gasteiger partial charge in [0.1, 0.15) is 18.3 Å². The van der Waals surface area contributed by atoms with Crippen LogP contribution in [0.15, 0.2) is 46.0 Å². The first kappa shape index (κ1) is 14.0. The van der Waals surface area contributed by atoms with Crippen molar-refractivity contribution >= 4 is 17.0 Å². The number of hydrogen-bond donors (Lipinski definition) is 1. The summed E-state index contributed by atoms with van der Waals surface area (Å²) in [5, 5.41) is 6.77. The van der Waals surface area contributed by atoms with E-state index < -0.39 is 0 Å².